The summed E-state index contributed by atoms with van der Waals surface area (Å²) in [6.45, 7) is -0.431. The van der Waals surface area contributed by atoms with Crippen molar-refractivity contribution in [2.75, 3.05) is 6.61 Å². The van der Waals surface area contributed by atoms with Crippen LogP contribution in [0.25, 0.3) is 10.9 Å². The van der Waals surface area contributed by atoms with Crippen molar-refractivity contribution >= 4 is 22.7 Å². The minimum absolute atomic E-state index is 0.175. The Morgan fingerprint density at radius 3 is 2.81 bits per heavy atom. The molecule has 6 heteroatoms. The van der Waals surface area contributed by atoms with Gasteiger partial charge in [-0.05, 0) is 43.2 Å². The van der Waals surface area contributed by atoms with Gasteiger partial charge in [-0.3, -0.25) is 14.6 Å². The van der Waals surface area contributed by atoms with Crippen LogP contribution in [0, 0.1) is 11.8 Å². The van der Waals surface area contributed by atoms with Crippen molar-refractivity contribution in [1.29, 1.82) is 0 Å². The summed E-state index contributed by atoms with van der Waals surface area (Å²) in [6.07, 6.45) is 6.10. The molecule has 3 N–H and O–H groups in total. The number of carbonyl (C=O) groups excluding carboxylic acids is 2. The molecule has 1 aromatic carbocycles. The number of amides is 2. The molecule has 1 heterocycles. The molecule has 2 amide bonds. The summed E-state index contributed by atoms with van der Waals surface area (Å²) >= 11 is 0. The topological polar surface area (TPSA) is 91.3 Å². The molecule has 0 saturated heterocycles. The molecule has 2 aliphatic rings. The Hall–Kier alpha value is -2.47. The van der Waals surface area contributed by atoms with E-state index in [0.717, 1.165) is 29.7 Å². The maximum atomic E-state index is 12.5. The highest BCUT2D eigenvalue weighted by molar-refractivity contribution is 5.99. The lowest BCUT2D eigenvalue weighted by molar-refractivity contribution is -0.124. The monoisotopic (exact) mass is 353 g/mol. The number of rotatable bonds is 5. The Morgan fingerprint density at radius 1 is 1.23 bits per heavy atom. The Kier molecular flexibility index (Phi) is 4.59. The highest BCUT2D eigenvalue weighted by atomic mass is 16.3. The number of nitrogens with zero attached hydrogens (tertiary/aromatic N) is 1. The minimum Gasteiger partial charge on any atom is -0.394 e. The number of benzene rings is 1. The first-order valence-electron chi connectivity index (χ1n) is 9.21. The van der Waals surface area contributed by atoms with Crippen LogP contribution in [-0.4, -0.2) is 40.6 Å². The van der Waals surface area contributed by atoms with E-state index in [0.29, 0.717) is 11.5 Å². The number of pyridine rings is 1. The summed E-state index contributed by atoms with van der Waals surface area (Å²) < 4.78 is 0. The molecule has 26 heavy (non-hydrogen) atoms. The van der Waals surface area contributed by atoms with Gasteiger partial charge in [0.25, 0.3) is 5.91 Å². The summed E-state index contributed by atoms with van der Waals surface area (Å²) in [5.41, 5.74) is 1.17. The zero-order valence-corrected chi connectivity index (χ0v) is 14.5. The Morgan fingerprint density at radius 2 is 2.08 bits per heavy atom. The first-order valence-corrected chi connectivity index (χ1v) is 9.21. The molecule has 4 atom stereocenters. The number of para-hydroxylation sites is 1. The van der Waals surface area contributed by atoms with Crippen molar-refractivity contribution in [3.05, 3.63) is 42.1 Å². The van der Waals surface area contributed by atoms with E-state index in [1.165, 1.54) is 19.0 Å². The number of hydrogen-bond donors (Lipinski definition) is 3. The van der Waals surface area contributed by atoms with E-state index in [1.54, 1.807) is 6.07 Å². The standard InChI is InChI=1S/C20H23N3O3/c24-11-18(20(26)22-17-8-12-5-6-14(17)7-12)23-19(25)15-9-13-3-1-2-4-16(13)21-10-15/h1-4,9-10,12,14,17-18,24H,5-8,11H2,(H,22,26)(H,23,25). The maximum absolute atomic E-state index is 12.5. The fraction of sp³-hybridized carbons (Fsp3) is 0.450. The van der Waals surface area contributed by atoms with Gasteiger partial charge in [-0.15, -0.1) is 0 Å². The smallest absolute Gasteiger partial charge is 0.253 e. The summed E-state index contributed by atoms with van der Waals surface area (Å²) in [7, 11) is 0. The van der Waals surface area contributed by atoms with Crippen molar-refractivity contribution in [3.63, 3.8) is 0 Å². The lowest BCUT2D eigenvalue weighted by Gasteiger charge is -2.25. The van der Waals surface area contributed by atoms with Gasteiger partial charge in [-0.25, -0.2) is 0 Å². The third-order valence-electron chi connectivity index (χ3n) is 5.72. The van der Waals surface area contributed by atoms with Gasteiger partial charge < -0.3 is 15.7 Å². The molecule has 0 spiro atoms. The lowest BCUT2D eigenvalue weighted by Crippen LogP contribution is -2.52. The highest BCUT2D eigenvalue weighted by Gasteiger charge is 2.40. The molecular formula is C20H23N3O3. The molecule has 2 aliphatic carbocycles. The van der Waals surface area contributed by atoms with Crippen LogP contribution in [0.15, 0.2) is 36.5 Å². The van der Waals surface area contributed by atoms with E-state index in [1.807, 2.05) is 24.3 Å². The van der Waals surface area contributed by atoms with E-state index < -0.39 is 18.6 Å². The van der Waals surface area contributed by atoms with Crippen molar-refractivity contribution in [3.8, 4) is 0 Å². The van der Waals surface area contributed by atoms with Crippen LogP contribution in [0.2, 0.25) is 0 Å². The number of carbonyl (C=O) groups is 2. The molecule has 4 rings (SSSR count). The van der Waals surface area contributed by atoms with Gasteiger partial charge >= 0.3 is 0 Å². The van der Waals surface area contributed by atoms with Crippen LogP contribution in [0.5, 0.6) is 0 Å². The van der Waals surface area contributed by atoms with Crippen molar-refractivity contribution in [1.82, 2.24) is 15.6 Å². The van der Waals surface area contributed by atoms with E-state index in [4.69, 9.17) is 0 Å². The second-order valence-corrected chi connectivity index (χ2v) is 7.42. The predicted octanol–water partition coefficient (Wildman–Crippen LogP) is 1.63. The maximum Gasteiger partial charge on any atom is 0.253 e. The Bertz CT molecular complexity index is 838. The van der Waals surface area contributed by atoms with Crippen LogP contribution in [0.4, 0.5) is 0 Å². The molecular weight excluding hydrogens is 330 g/mol. The second-order valence-electron chi connectivity index (χ2n) is 7.42. The molecule has 0 radical (unpaired) electrons. The summed E-state index contributed by atoms with van der Waals surface area (Å²) in [4.78, 5) is 29.2. The average molecular weight is 353 g/mol. The molecule has 0 aliphatic heterocycles. The van der Waals surface area contributed by atoms with Gasteiger partial charge in [-0.2, -0.15) is 0 Å². The number of nitrogens with one attached hydrogen (secondary N) is 2. The number of aliphatic hydroxyl groups excluding tert-OH is 1. The van der Waals surface area contributed by atoms with E-state index in [2.05, 4.69) is 15.6 Å². The molecule has 6 nitrogen and oxygen atoms in total. The molecule has 136 valence electrons. The van der Waals surface area contributed by atoms with E-state index in [-0.39, 0.29) is 11.9 Å². The van der Waals surface area contributed by atoms with Gasteiger partial charge in [0.05, 0.1) is 17.7 Å². The minimum atomic E-state index is -0.951. The summed E-state index contributed by atoms with van der Waals surface area (Å²) in [5, 5.41) is 16.1. The molecule has 2 bridgehead atoms. The molecule has 2 aromatic rings. The van der Waals surface area contributed by atoms with Crippen LogP contribution >= 0.6 is 0 Å². The van der Waals surface area contributed by atoms with Crippen molar-refractivity contribution < 1.29 is 14.7 Å². The first-order chi connectivity index (χ1) is 12.6. The lowest BCUT2D eigenvalue weighted by atomic mass is 9.95. The molecule has 2 fully saturated rings. The molecule has 1 aromatic heterocycles. The quantitative estimate of drug-likeness (QED) is 0.762. The van der Waals surface area contributed by atoms with Gasteiger partial charge in [-0.1, -0.05) is 24.6 Å². The van der Waals surface area contributed by atoms with Crippen molar-refractivity contribution in [2.24, 2.45) is 11.8 Å². The van der Waals surface area contributed by atoms with Crippen LogP contribution in [0.1, 0.15) is 36.0 Å². The zero-order valence-electron chi connectivity index (χ0n) is 14.5. The van der Waals surface area contributed by atoms with E-state index >= 15 is 0 Å². The second kappa shape index (κ2) is 7.03. The normalized spacial score (nSPS) is 25.2. The Balaban J connectivity index is 1.41. The Labute approximate surface area is 152 Å². The van der Waals surface area contributed by atoms with Crippen LogP contribution in [-0.2, 0) is 4.79 Å². The predicted molar refractivity (Wildman–Crippen MR) is 97.5 cm³/mol. The van der Waals surface area contributed by atoms with Gasteiger partial charge in [0.1, 0.15) is 6.04 Å². The summed E-state index contributed by atoms with van der Waals surface area (Å²) in [5.74, 6) is 0.539. The number of aromatic nitrogens is 1. The number of fused-ring (bicyclic) bond motifs is 3. The third-order valence-corrected chi connectivity index (χ3v) is 5.72. The average Bonchev–Trinajstić information content (AvgIpc) is 3.28. The largest absolute Gasteiger partial charge is 0.394 e. The first kappa shape index (κ1) is 17.0. The van der Waals surface area contributed by atoms with E-state index in [9.17, 15) is 14.7 Å². The fourth-order valence-corrected chi connectivity index (χ4v) is 4.34. The SMILES string of the molecule is O=C(NC(CO)C(=O)NC1CC2CCC1C2)c1cnc2ccccc2c1. The van der Waals surface area contributed by atoms with Gasteiger partial charge in [0.2, 0.25) is 5.91 Å². The highest BCUT2D eigenvalue weighted by Crippen LogP contribution is 2.44. The fourth-order valence-electron chi connectivity index (χ4n) is 4.34. The molecule has 2 saturated carbocycles. The third kappa shape index (κ3) is 3.29. The van der Waals surface area contributed by atoms with Crippen molar-refractivity contribution in [2.45, 2.75) is 37.8 Å². The number of aliphatic hydroxyl groups is 1. The summed E-state index contributed by atoms with van der Waals surface area (Å²) in [6, 6.07) is 8.48. The van der Waals surface area contributed by atoms with Gasteiger partial charge in [0, 0.05) is 17.6 Å². The molecule has 4 unspecified atom stereocenters. The zero-order chi connectivity index (χ0) is 18.1. The van der Waals surface area contributed by atoms with Crippen LogP contribution in [0.3, 0.4) is 0 Å². The van der Waals surface area contributed by atoms with Gasteiger partial charge in [0.15, 0.2) is 0 Å². The number of hydrogen-bond acceptors (Lipinski definition) is 4. The van der Waals surface area contributed by atoms with Crippen LogP contribution < -0.4 is 10.6 Å².